The van der Waals surface area contributed by atoms with E-state index in [1.54, 1.807) is 0 Å². The van der Waals surface area contributed by atoms with Crippen molar-refractivity contribution in [3.05, 3.63) is 35.9 Å². The predicted octanol–water partition coefficient (Wildman–Crippen LogP) is 3.70. The van der Waals surface area contributed by atoms with Crippen molar-refractivity contribution >= 4 is 17.5 Å². The fourth-order valence-corrected chi connectivity index (χ4v) is 2.33. The lowest BCUT2D eigenvalue weighted by molar-refractivity contribution is -0.123. The summed E-state index contributed by atoms with van der Waals surface area (Å²) in [4.78, 5) is 12.3. The molecule has 2 unspecified atom stereocenters. The van der Waals surface area contributed by atoms with Crippen LogP contribution in [0.5, 0.6) is 0 Å². The maximum atomic E-state index is 12.3. The Kier molecular flexibility index (Phi) is 6.81. The van der Waals surface area contributed by atoms with Crippen LogP contribution in [0.15, 0.2) is 30.3 Å². The molecule has 1 N–H and O–H groups in total. The Balaban J connectivity index is 2.68. The van der Waals surface area contributed by atoms with Gasteiger partial charge in [0.2, 0.25) is 5.91 Å². The zero-order chi connectivity index (χ0) is 13.4. The molecule has 0 aliphatic heterocycles. The first-order chi connectivity index (χ1) is 8.72. The van der Waals surface area contributed by atoms with Gasteiger partial charge in [-0.15, -0.1) is 11.6 Å². The van der Waals surface area contributed by atoms with Gasteiger partial charge in [0.15, 0.2) is 0 Å². The molecule has 0 saturated heterocycles. The molecule has 0 aliphatic rings. The van der Waals surface area contributed by atoms with E-state index < -0.39 is 0 Å². The minimum absolute atomic E-state index is 0.0597. The van der Waals surface area contributed by atoms with Crippen LogP contribution in [0.2, 0.25) is 0 Å². The molecule has 3 heteroatoms. The van der Waals surface area contributed by atoms with Gasteiger partial charge in [0.05, 0.1) is 5.92 Å². The summed E-state index contributed by atoms with van der Waals surface area (Å²) in [6.45, 7) is 4.11. The fourth-order valence-electron chi connectivity index (χ4n) is 2.07. The van der Waals surface area contributed by atoms with Gasteiger partial charge in [-0.1, -0.05) is 44.2 Å². The molecule has 0 aliphatic carbocycles. The average Bonchev–Trinajstić information content (AvgIpc) is 2.40. The average molecular weight is 268 g/mol. The van der Waals surface area contributed by atoms with Crippen LogP contribution in [0.25, 0.3) is 0 Å². The van der Waals surface area contributed by atoms with Crippen LogP contribution in [0.3, 0.4) is 0 Å². The number of benzene rings is 1. The van der Waals surface area contributed by atoms with Crippen molar-refractivity contribution < 1.29 is 4.79 Å². The molecule has 1 aromatic carbocycles. The van der Waals surface area contributed by atoms with Crippen molar-refractivity contribution in [2.75, 3.05) is 5.88 Å². The molecule has 100 valence electrons. The Hall–Kier alpha value is -1.02. The van der Waals surface area contributed by atoms with Gasteiger partial charge >= 0.3 is 0 Å². The van der Waals surface area contributed by atoms with Crippen LogP contribution in [0, 0.1) is 0 Å². The Bertz CT molecular complexity index is 353. The molecular weight excluding hydrogens is 246 g/mol. The summed E-state index contributed by atoms with van der Waals surface area (Å²) in [6, 6.07) is 10.1. The van der Waals surface area contributed by atoms with E-state index in [0.29, 0.717) is 5.88 Å². The van der Waals surface area contributed by atoms with Gasteiger partial charge in [0, 0.05) is 11.9 Å². The number of carbonyl (C=O) groups is 1. The molecule has 0 saturated carbocycles. The van der Waals surface area contributed by atoms with Crippen molar-refractivity contribution in [1.82, 2.24) is 5.32 Å². The van der Waals surface area contributed by atoms with Crippen LogP contribution in [0.1, 0.15) is 44.6 Å². The van der Waals surface area contributed by atoms with E-state index >= 15 is 0 Å². The van der Waals surface area contributed by atoms with Crippen molar-refractivity contribution in [2.24, 2.45) is 0 Å². The molecule has 18 heavy (non-hydrogen) atoms. The summed E-state index contributed by atoms with van der Waals surface area (Å²) in [5.74, 6) is 0.636. The Morgan fingerprint density at radius 1 is 1.22 bits per heavy atom. The molecule has 2 nitrogen and oxygen atoms in total. The summed E-state index contributed by atoms with van der Waals surface area (Å²) in [6.07, 6.45) is 2.56. The minimum atomic E-state index is -0.0597. The fraction of sp³-hybridized carbons (Fsp3) is 0.533. The summed E-state index contributed by atoms with van der Waals surface area (Å²) >= 11 is 5.74. The molecule has 1 aromatic rings. The summed E-state index contributed by atoms with van der Waals surface area (Å²) in [5, 5.41) is 3.09. The maximum Gasteiger partial charge on any atom is 0.227 e. The maximum absolute atomic E-state index is 12.3. The largest absolute Gasteiger partial charge is 0.353 e. The van der Waals surface area contributed by atoms with E-state index in [-0.39, 0.29) is 17.9 Å². The van der Waals surface area contributed by atoms with Crippen LogP contribution < -0.4 is 5.32 Å². The topological polar surface area (TPSA) is 29.1 Å². The number of halogens is 1. The van der Waals surface area contributed by atoms with Crippen LogP contribution in [0.4, 0.5) is 0 Å². The highest BCUT2D eigenvalue weighted by molar-refractivity contribution is 6.17. The molecule has 0 aromatic heterocycles. The smallest absolute Gasteiger partial charge is 0.227 e. The molecule has 0 heterocycles. The van der Waals surface area contributed by atoms with Gasteiger partial charge in [-0.3, -0.25) is 4.79 Å². The molecule has 1 amide bonds. The molecule has 0 bridgehead atoms. The minimum Gasteiger partial charge on any atom is -0.353 e. The van der Waals surface area contributed by atoms with E-state index in [9.17, 15) is 4.79 Å². The van der Waals surface area contributed by atoms with Gasteiger partial charge in [0.25, 0.3) is 0 Å². The third-order valence-electron chi connectivity index (χ3n) is 3.22. The third kappa shape index (κ3) is 4.34. The number of alkyl halides is 1. The second kappa shape index (κ2) is 8.15. The summed E-state index contributed by atoms with van der Waals surface area (Å²) in [5.41, 5.74) is 1.08. The summed E-state index contributed by atoms with van der Waals surface area (Å²) in [7, 11) is 0. The van der Waals surface area contributed by atoms with E-state index in [0.717, 1.165) is 24.8 Å². The number of amides is 1. The number of rotatable bonds is 7. The summed E-state index contributed by atoms with van der Waals surface area (Å²) < 4.78 is 0. The van der Waals surface area contributed by atoms with Gasteiger partial charge in [-0.05, 0) is 24.8 Å². The lowest BCUT2D eigenvalue weighted by Crippen LogP contribution is -2.37. The zero-order valence-corrected chi connectivity index (χ0v) is 11.9. The van der Waals surface area contributed by atoms with Crippen molar-refractivity contribution in [1.29, 1.82) is 0 Å². The lowest BCUT2D eigenvalue weighted by atomic mass is 9.95. The van der Waals surface area contributed by atoms with E-state index in [1.807, 2.05) is 37.3 Å². The van der Waals surface area contributed by atoms with Crippen molar-refractivity contribution in [3.63, 3.8) is 0 Å². The zero-order valence-electron chi connectivity index (χ0n) is 11.2. The number of hydrogen-bond donors (Lipinski definition) is 1. The van der Waals surface area contributed by atoms with E-state index in [1.165, 1.54) is 0 Å². The molecule has 0 radical (unpaired) electrons. The Morgan fingerprint density at radius 2 is 1.89 bits per heavy atom. The molecule has 0 spiro atoms. The monoisotopic (exact) mass is 267 g/mol. The third-order valence-corrected chi connectivity index (χ3v) is 3.44. The Labute approximate surface area is 115 Å². The normalized spacial score (nSPS) is 13.9. The molecular formula is C15H22ClNO. The first-order valence-electron chi connectivity index (χ1n) is 6.64. The first kappa shape index (κ1) is 15.0. The van der Waals surface area contributed by atoms with Crippen molar-refractivity contribution in [2.45, 2.75) is 45.1 Å². The van der Waals surface area contributed by atoms with Crippen LogP contribution in [-0.4, -0.2) is 17.8 Å². The standard InChI is InChI=1S/C15H22ClNO/c1-3-13(10-11-16)17-15(18)14(4-2)12-8-6-5-7-9-12/h5-9,13-14H,3-4,10-11H2,1-2H3,(H,17,18). The lowest BCUT2D eigenvalue weighted by Gasteiger charge is -2.20. The number of nitrogens with one attached hydrogen (secondary N) is 1. The second-order valence-electron chi connectivity index (χ2n) is 4.46. The molecule has 0 fully saturated rings. The van der Waals surface area contributed by atoms with E-state index in [2.05, 4.69) is 12.2 Å². The second-order valence-corrected chi connectivity index (χ2v) is 4.84. The van der Waals surface area contributed by atoms with E-state index in [4.69, 9.17) is 11.6 Å². The van der Waals surface area contributed by atoms with Crippen molar-refractivity contribution in [3.8, 4) is 0 Å². The van der Waals surface area contributed by atoms with Gasteiger partial charge < -0.3 is 5.32 Å². The van der Waals surface area contributed by atoms with Crippen LogP contribution in [-0.2, 0) is 4.79 Å². The number of carbonyl (C=O) groups excluding carboxylic acids is 1. The molecule has 2 atom stereocenters. The predicted molar refractivity (Wildman–Crippen MR) is 77.0 cm³/mol. The SMILES string of the molecule is CCC(CCCl)NC(=O)C(CC)c1ccccc1. The van der Waals surface area contributed by atoms with Crippen LogP contribution >= 0.6 is 11.6 Å². The highest BCUT2D eigenvalue weighted by Gasteiger charge is 2.20. The molecule has 1 rings (SSSR count). The van der Waals surface area contributed by atoms with Gasteiger partial charge in [0.1, 0.15) is 0 Å². The van der Waals surface area contributed by atoms with Gasteiger partial charge in [-0.25, -0.2) is 0 Å². The number of hydrogen-bond acceptors (Lipinski definition) is 1. The highest BCUT2D eigenvalue weighted by Crippen LogP contribution is 2.19. The van der Waals surface area contributed by atoms with Gasteiger partial charge in [-0.2, -0.15) is 0 Å². The Morgan fingerprint density at radius 3 is 2.39 bits per heavy atom. The highest BCUT2D eigenvalue weighted by atomic mass is 35.5. The quantitative estimate of drug-likeness (QED) is 0.750. The first-order valence-corrected chi connectivity index (χ1v) is 7.17.